The lowest BCUT2D eigenvalue weighted by Gasteiger charge is -2.30. The van der Waals surface area contributed by atoms with Gasteiger partial charge < -0.3 is 15.4 Å². The minimum absolute atomic E-state index is 0.261. The van der Waals surface area contributed by atoms with Gasteiger partial charge in [-0.15, -0.1) is 0 Å². The van der Waals surface area contributed by atoms with Gasteiger partial charge in [0.05, 0.1) is 0 Å². The van der Waals surface area contributed by atoms with Crippen molar-refractivity contribution in [1.82, 2.24) is 10.6 Å². The van der Waals surface area contributed by atoms with E-state index in [-0.39, 0.29) is 5.41 Å². The molecule has 17 heavy (non-hydrogen) atoms. The number of thiocarbonyl (C=S) groups is 1. The Kier molecular flexibility index (Phi) is 8.52. The summed E-state index contributed by atoms with van der Waals surface area (Å²) < 4.78 is 5.26. The Morgan fingerprint density at radius 1 is 1.29 bits per heavy atom. The summed E-state index contributed by atoms with van der Waals surface area (Å²) in [5, 5.41) is 7.21. The third-order valence-corrected chi connectivity index (χ3v) is 3.51. The molecule has 2 N–H and O–H groups in total. The van der Waals surface area contributed by atoms with Crippen molar-refractivity contribution in [2.75, 3.05) is 26.3 Å². The molecule has 0 saturated carbocycles. The van der Waals surface area contributed by atoms with Crippen molar-refractivity contribution in [2.24, 2.45) is 11.3 Å². The summed E-state index contributed by atoms with van der Waals surface area (Å²) in [4.78, 5) is 0. The van der Waals surface area contributed by atoms with Crippen LogP contribution in [0.1, 0.15) is 41.0 Å². The van der Waals surface area contributed by atoms with Crippen molar-refractivity contribution < 1.29 is 4.74 Å². The van der Waals surface area contributed by atoms with Crippen molar-refractivity contribution >= 4 is 17.3 Å². The van der Waals surface area contributed by atoms with Gasteiger partial charge in [0.2, 0.25) is 0 Å². The topological polar surface area (TPSA) is 33.3 Å². The summed E-state index contributed by atoms with van der Waals surface area (Å²) >= 11 is 5.22. The van der Waals surface area contributed by atoms with Gasteiger partial charge >= 0.3 is 0 Å². The van der Waals surface area contributed by atoms with Gasteiger partial charge in [-0.25, -0.2) is 0 Å². The monoisotopic (exact) mass is 260 g/mol. The molecule has 0 aromatic heterocycles. The number of hydrogen-bond acceptors (Lipinski definition) is 2. The van der Waals surface area contributed by atoms with E-state index < -0.39 is 0 Å². The van der Waals surface area contributed by atoms with Gasteiger partial charge in [-0.05, 0) is 36.9 Å². The number of rotatable bonds is 8. The fourth-order valence-electron chi connectivity index (χ4n) is 1.10. The van der Waals surface area contributed by atoms with Crippen molar-refractivity contribution in [2.45, 2.75) is 41.0 Å². The van der Waals surface area contributed by atoms with E-state index >= 15 is 0 Å². The molecular formula is C13H28N2OS. The first-order chi connectivity index (χ1) is 7.90. The van der Waals surface area contributed by atoms with Gasteiger partial charge in [-0.3, -0.25) is 0 Å². The summed E-state index contributed by atoms with van der Waals surface area (Å²) in [7, 11) is 0. The normalized spacial score (nSPS) is 11.6. The Labute approximate surface area is 112 Å². The van der Waals surface area contributed by atoms with Crippen LogP contribution in [0.4, 0.5) is 0 Å². The van der Waals surface area contributed by atoms with Crippen LogP contribution < -0.4 is 10.6 Å². The molecule has 0 amide bonds. The van der Waals surface area contributed by atoms with E-state index in [2.05, 4.69) is 38.3 Å². The lowest BCUT2D eigenvalue weighted by molar-refractivity contribution is 0.145. The Morgan fingerprint density at radius 3 is 2.47 bits per heavy atom. The maximum atomic E-state index is 5.26. The summed E-state index contributed by atoms with van der Waals surface area (Å²) in [6, 6.07) is 0. The lowest BCUT2D eigenvalue weighted by atomic mass is 9.81. The second-order valence-electron chi connectivity index (χ2n) is 5.30. The van der Waals surface area contributed by atoms with E-state index in [9.17, 15) is 0 Å². The first kappa shape index (κ1) is 16.6. The molecule has 0 saturated heterocycles. The van der Waals surface area contributed by atoms with Crippen LogP contribution in [0, 0.1) is 11.3 Å². The van der Waals surface area contributed by atoms with Crippen molar-refractivity contribution in [3.05, 3.63) is 0 Å². The molecule has 0 bridgehead atoms. The van der Waals surface area contributed by atoms with Gasteiger partial charge in [0, 0.05) is 26.3 Å². The highest BCUT2D eigenvalue weighted by molar-refractivity contribution is 7.80. The van der Waals surface area contributed by atoms with E-state index in [1.54, 1.807) is 0 Å². The van der Waals surface area contributed by atoms with Crippen LogP contribution in [0.2, 0.25) is 0 Å². The molecule has 0 unspecified atom stereocenters. The number of hydrogen-bond donors (Lipinski definition) is 2. The second-order valence-corrected chi connectivity index (χ2v) is 5.71. The molecule has 0 aliphatic heterocycles. The van der Waals surface area contributed by atoms with Crippen molar-refractivity contribution in [3.8, 4) is 0 Å². The van der Waals surface area contributed by atoms with E-state index in [4.69, 9.17) is 17.0 Å². The largest absolute Gasteiger partial charge is 0.382 e. The van der Waals surface area contributed by atoms with E-state index in [0.717, 1.165) is 37.8 Å². The average molecular weight is 260 g/mol. The highest BCUT2D eigenvalue weighted by Crippen LogP contribution is 2.24. The SMILES string of the molecule is CCOCCCNC(=S)NCC(C)(C)C(C)C. The Bertz CT molecular complexity index is 217. The minimum Gasteiger partial charge on any atom is -0.382 e. The van der Waals surface area contributed by atoms with Crippen LogP contribution in [-0.4, -0.2) is 31.4 Å². The summed E-state index contributed by atoms with van der Waals surface area (Å²) in [6.07, 6.45) is 0.989. The molecule has 0 heterocycles. The first-order valence-electron chi connectivity index (χ1n) is 6.49. The van der Waals surface area contributed by atoms with Crippen LogP contribution in [-0.2, 0) is 4.74 Å². The second kappa shape index (κ2) is 8.70. The zero-order valence-corrected chi connectivity index (χ0v) is 12.7. The Balaban J connectivity index is 3.60. The molecule has 3 nitrogen and oxygen atoms in total. The molecule has 0 aliphatic carbocycles. The Morgan fingerprint density at radius 2 is 1.94 bits per heavy atom. The molecule has 0 radical (unpaired) electrons. The third-order valence-electron chi connectivity index (χ3n) is 3.22. The van der Waals surface area contributed by atoms with Gasteiger partial charge in [-0.2, -0.15) is 0 Å². The highest BCUT2D eigenvalue weighted by atomic mass is 32.1. The fraction of sp³-hybridized carbons (Fsp3) is 0.923. The standard InChI is InChI=1S/C13H28N2OS/c1-6-16-9-7-8-14-12(17)15-10-13(4,5)11(2)3/h11H,6-10H2,1-5H3,(H2,14,15,17). The fourth-order valence-corrected chi connectivity index (χ4v) is 1.27. The van der Waals surface area contributed by atoms with Crippen LogP contribution in [0.5, 0.6) is 0 Å². The molecule has 0 spiro atoms. The molecular weight excluding hydrogens is 232 g/mol. The predicted octanol–water partition coefficient (Wildman–Crippen LogP) is 2.56. The highest BCUT2D eigenvalue weighted by Gasteiger charge is 2.21. The van der Waals surface area contributed by atoms with Gasteiger partial charge in [0.1, 0.15) is 0 Å². The first-order valence-corrected chi connectivity index (χ1v) is 6.90. The minimum atomic E-state index is 0.261. The van der Waals surface area contributed by atoms with E-state index in [0.29, 0.717) is 5.92 Å². The predicted molar refractivity (Wildman–Crippen MR) is 78.3 cm³/mol. The van der Waals surface area contributed by atoms with Gasteiger partial charge in [0.15, 0.2) is 5.11 Å². The lowest BCUT2D eigenvalue weighted by Crippen LogP contribution is -2.42. The van der Waals surface area contributed by atoms with Crippen molar-refractivity contribution in [3.63, 3.8) is 0 Å². The number of ether oxygens (including phenoxy) is 1. The van der Waals surface area contributed by atoms with Crippen LogP contribution in [0.15, 0.2) is 0 Å². The summed E-state index contributed by atoms with van der Waals surface area (Å²) in [5.74, 6) is 0.635. The van der Waals surface area contributed by atoms with Crippen molar-refractivity contribution in [1.29, 1.82) is 0 Å². The molecule has 102 valence electrons. The zero-order chi connectivity index (χ0) is 13.3. The van der Waals surface area contributed by atoms with Crippen LogP contribution in [0.25, 0.3) is 0 Å². The van der Waals surface area contributed by atoms with E-state index in [1.807, 2.05) is 6.92 Å². The summed E-state index contributed by atoms with van der Waals surface area (Å²) in [6.45, 7) is 14.3. The zero-order valence-electron chi connectivity index (χ0n) is 11.9. The van der Waals surface area contributed by atoms with Crippen LogP contribution >= 0.6 is 12.2 Å². The third kappa shape index (κ3) is 8.38. The van der Waals surface area contributed by atoms with Gasteiger partial charge in [-0.1, -0.05) is 27.7 Å². The van der Waals surface area contributed by atoms with E-state index in [1.165, 1.54) is 0 Å². The molecule has 4 heteroatoms. The van der Waals surface area contributed by atoms with Crippen LogP contribution in [0.3, 0.4) is 0 Å². The molecule has 0 aromatic rings. The Hall–Kier alpha value is -0.350. The molecule has 0 atom stereocenters. The molecule has 0 aliphatic rings. The molecule has 0 aromatic carbocycles. The van der Waals surface area contributed by atoms with Gasteiger partial charge in [0.25, 0.3) is 0 Å². The molecule has 0 rings (SSSR count). The quantitative estimate of drug-likeness (QED) is 0.519. The summed E-state index contributed by atoms with van der Waals surface area (Å²) in [5.41, 5.74) is 0.261. The maximum absolute atomic E-state index is 5.26. The maximum Gasteiger partial charge on any atom is 0.166 e. The number of nitrogens with one attached hydrogen (secondary N) is 2. The molecule has 0 fully saturated rings. The average Bonchev–Trinajstić information content (AvgIpc) is 2.26. The smallest absolute Gasteiger partial charge is 0.166 e.